The van der Waals surface area contributed by atoms with E-state index in [0.717, 1.165) is 0 Å². The number of hydrogen-bond acceptors (Lipinski definition) is 6. The van der Waals surface area contributed by atoms with Crippen LogP contribution in [0.2, 0.25) is 5.02 Å². The Morgan fingerprint density at radius 3 is 2.50 bits per heavy atom. The number of ether oxygens (including phenoxy) is 1. The van der Waals surface area contributed by atoms with Crippen LogP contribution >= 0.6 is 11.6 Å². The van der Waals surface area contributed by atoms with Gasteiger partial charge in [-0.25, -0.2) is 4.79 Å². The zero-order chi connectivity index (χ0) is 21.3. The minimum absolute atomic E-state index is 0.0783. The number of amides is 1. The van der Waals surface area contributed by atoms with Crippen LogP contribution in [-0.2, 0) is 4.84 Å². The van der Waals surface area contributed by atoms with Gasteiger partial charge in [-0.2, -0.15) is 0 Å². The van der Waals surface area contributed by atoms with Gasteiger partial charge in [0.2, 0.25) is 0 Å². The topological polar surface area (TPSA) is 103 Å². The Kier molecular flexibility index (Phi) is 6.96. The third-order valence-corrected chi connectivity index (χ3v) is 4.08. The second-order valence-electron chi connectivity index (χ2n) is 5.93. The van der Waals surface area contributed by atoms with Gasteiger partial charge in [0.1, 0.15) is 12.3 Å². The van der Waals surface area contributed by atoms with Crippen molar-refractivity contribution in [3.63, 3.8) is 0 Å². The Morgan fingerprint density at radius 1 is 1.03 bits per heavy atom. The van der Waals surface area contributed by atoms with Crippen LogP contribution in [0, 0.1) is 10.1 Å². The number of hydrogen-bond donors (Lipinski definition) is 1. The first kappa shape index (κ1) is 20.8. The Labute approximate surface area is 176 Å². The largest absolute Gasteiger partial charge is 0.480 e. The molecule has 0 unspecified atom stereocenters. The maximum atomic E-state index is 12.1. The van der Waals surface area contributed by atoms with Crippen molar-refractivity contribution in [2.75, 3.05) is 11.9 Å². The van der Waals surface area contributed by atoms with Gasteiger partial charge in [-0.15, -0.1) is 0 Å². The first-order valence-corrected chi connectivity index (χ1v) is 9.13. The molecule has 1 N–H and O–H groups in total. The van der Waals surface area contributed by atoms with Crippen LogP contribution in [0.5, 0.6) is 5.75 Å². The van der Waals surface area contributed by atoms with Crippen molar-refractivity contribution in [2.24, 2.45) is 5.16 Å². The fourth-order valence-electron chi connectivity index (χ4n) is 2.47. The van der Waals surface area contributed by atoms with Gasteiger partial charge in [0.15, 0.2) is 5.75 Å². The van der Waals surface area contributed by atoms with Crippen LogP contribution in [-0.4, -0.2) is 23.3 Å². The van der Waals surface area contributed by atoms with Gasteiger partial charge in [-0.1, -0.05) is 65.3 Å². The average Bonchev–Trinajstić information content (AvgIpc) is 2.74. The zero-order valence-corrected chi connectivity index (χ0v) is 16.3. The van der Waals surface area contributed by atoms with Gasteiger partial charge >= 0.3 is 11.8 Å². The Hall–Kier alpha value is -3.91. The number of nitrogens with zero attached hydrogens (tertiary/aromatic N) is 2. The van der Waals surface area contributed by atoms with Crippen molar-refractivity contribution in [2.45, 2.75) is 0 Å². The summed E-state index contributed by atoms with van der Waals surface area (Å²) in [7, 11) is 0. The second-order valence-corrected chi connectivity index (χ2v) is 6.37. The summed E-state index contributed by atoms with van der Waals surface area (Å²) in [4.78, 5) is 27.6. The standard InChI is InChI=1S/C21H16ClN3O5/c22-16-9-6-10-17(13-16)23-21(26)30-24-18(15-7-2-1-3-8-15)14-29-20-12-5-4-11-19(20)25(27)28/h1-13H,14H2,(H,23,26)/b24-18+. The normalized spacial score (nSPS) is 10.9. The number of nitro groups is 1. The van der Waals surface area contributed by atoms with Gasteiger partial charge < -0.3 is 4.74 Å². The molecule has 0 radical (unpaired) electrons. The van der Waals surface area contributed by atoms with Crippen LogP contribution in [0.1, 0.15) is 5.56 Å². The van der Waals surface area contributed by atoms with Crippen molar-refractivity contribution < 1.29 is 19.3 Å². The van der Waals surface area contributed by atoms with Crippen molar-refractivity contribution in [3.05, 3.63) is 99.6 Å². The van der Waals surface area contributed by atoms with E-state index in [2.05, 4.69) is 10.5 Å². The maximum absolute atomic E-state index is 12.1. The predicted molar refractivity (Wildman–Crippen MR) is 113 cm³/mol. The van der Waals surface area contributed by atoms with E-state index in [1.54, 1.807) is 60.7 Å². The zero-order valence-electron chi connectivity index (χ0n) is 15.5. The lowest BCUT2D eigenvalue weighted by Gasteiger charge is -2.09. The molecule has 9 heteroatoms. The summed E-state index contributed by atoms with van der Waals surface area (Å²) in [6.45, 7) is -0.153. The molecule has 0 saturated heterocycles. The Balaban J connectivity index is 1.74. The molecule has 8 nitrogen and oxygen atoms in total. The average molecular weight is 426 g/mol. The molecule has 0 bridgehead atoms. The number of nitrogens with one attached hydrogen (secondary N) is 1. The maximum Gasteiger partial charge on any atom is 0.437 e. The number of nitro benzene ring substituents is 1. The molecule has 0 saturated carbocycles. The minimum atomic E-state index is -0.823. The first-order chi connectivity index (χ1) is 14.5. The summed E-state index contributed by atoms with van der Waals surface area (Å²) >= 11 is 5.89. The van der Waals surface area contributed by atoms with E-state index in [1.165, 1.54) is 12.1 Å². The van der Waals surface area contributed by atoms with E-state index in [4.69, 9.17) is 21.2 Å². The van der Waals surface area contributed by atoms with Crippen LogP contribution in [0.3, 0.4) is 0 Å². The fourth-order valence-corrected chi connectivity index (χ4v) is 2.66. The molecule has 3 aromatic carbocycles. The second kappa shape index (κ2) is 10.0. The fraction of sp³-hybridized carbons (Fsp3) is 0.0476. The van der Waals surface area contributed by atoms with Crippen LogP contribution in [0.15, 0.2) is 84.0 Å². The molecular weight excluding hydrogens is 410 g/mol. The van der Waals surface area contributed by atoms with Gasteiger partial charge in [-0.3, -0.25) is 20.3 Å². The number of halogens is 1. The van der Waals surface area contributed by atoms with E-state index in [9.17, 15) is 14.9 Å². The third kappa shape index (κ3) is 5.79. The summed E-state index contributed by atoms with van der Waals surface area (Å²) < 4.78 is 5.58. The molecule has 30 heavy (non-hydrogen) atoms. The molecule has 0 fully saturated rings. The highest BCUT2D eigenvalue weighted by molar-refractivity contribution is 6.30. The van der Waals surface area contributed by atoms with Crippen molar-refractivity contribution >= 4 is 34.8 Å². The molecule has 0 atom stereocenters. The van der Waals surface area contributed by atoms with E-state index in [1.807, 2.05) is 6.07 Å². The number of carbonyl (C=O) groups excluding carboxylic acids is 1. The van der Waals surface area contributed by atoms with Gasteiger partial charge in [0.05, 0.1) is 4.92 Å². The summed E-state index contributed by atoms with van der Waals surface area (Å²) in [6, 6.07) is 21.4. The quantitative estimate of drug-likeness (QED) is 0.240. The number of benzene rings is 3. The van der Waals surface area contributed by atoms with Crippen molar-refractivity contribution in [1.29, 1.82) is 0 Å². The van der Waals surface area contributed by atoms with Gasteiger partial charge in [0, 0.05) is 22.3 Å². The number of anilines is 1. The van der Waals surface area contributed by atoms with Crippen molar-refractivity contribution in [1.82, 2.24) is 0 Å². The summed E-state index contributed by atoms with van der Waals surface area (Å²) in [6.07, 6.45) is -0.823. The summed E-state index contributed by atoms with van der Waals surface area (Å²) in [5.41, 5.74) is 1.17. The SMILES string of the molecule is O=C(Nc1cccc(Cl)c1)O/N=C(\COc1ccccc1[N+](=O)[O-])c1ccccc1. The lowest BCUT2D eigenvalue weighted by molar-refractivity contribution is -0.385. The Morgan fingerprint density at radius 2 is 1.77 bits per heavy atom. The van der Waals surface area contributed by atoms with E-state index in [0.29, 0.717) is 16.3 Å². The van der Waals surface area contributed by atoms with E-state index >= 15 is 0 Å². The van der Waals surface area contributed by atoms with Crippen LogP contribution < -0.4 is 10.1 Å². The molecule has 0 heterocycles. The van der Waals surface area contributed by atoms with E-state index < -0.39 is 11.0 Å². The molecule has 0 spiro atoms. The Bertz CT molecular complexity index is 1070. The molecule has 0 aliphatic carbocycles. The predicted octanol–water partition coefficient (Wildman–Crippen LogP) is 5.28. The molecule has 1 amide bonds. The van der Waals surface area contributed by atoms with Crippen LogP contribution in [0.25, 0.3) is 0 Å². The number of carbonyl (C=O) groups is 1. The third-order valence-electron chi connectivity index (χ3n) is 3.84. The monoisotopic (exact) mass is 425 g/mol. The first-order valence-electron chi connectivity index (χ1n) is 8.75. The smallest absolute Gasteiger partial charge is 0.437 e. The van der Waals surface area contributed by atoms with Crippen molar-refractivity contribution in [3.8, 4) is 5.75 Å². The highest BCUT2D eigenvalue weighted by atomic mass is 35.5. The summed E-state index contributed by atoms with van der Waals surface area (Å²) in [5.74, 6) is 0.0783. The minimum Gasteiger partial charge on any atom is -0.480 e. The highest BCUT2D eigenvalue weighted by Crippen LogP contribution is 2.26. The van der Waals surface area contributed by atoms with Gasteiger partial charge in [0.25, 0.3) is 0 Å². The molecule has 3 aromatic rings. The van der Waals surface area contributed by atoms with E-state index in [-0.39, 0.29) is 23.8 Å². The van der Waals surface area contributed by atoms with Crippen LogP contribution in [0.4, 0.5) is 16.2 Å². The molecule has 0 aliphatic rings. The van der Waals surface area contributed by atoms with Gasteiger partial charge in [-0.05, 0) is 24.3 Å². The summed E-state index contributed by atoms with van der Waals surface area (Å²) in [5, 5.41) is 18.0. The molecular formula is C21H16ClN3O5. The number of para-hydroxylation sites is 2. The molecule has 0 aliphatic heterocycles. The molecule has 3 rings (SSSR count). The lowest BCUT2D eigenvalue weighted by Crippen LogP contribution is -2.17. The number of oxime groups is 1. The lowest BCUT2D eigenvalue weighted by atomic mass is 10.1. The number of rotatable bonds is 7. The highest BCUT2D eigenvalue weighted by Gasteiger charge is 2.16. The molecule has 0 aromatic heterocycles. The molecule has 152 valence electrons.